The number of hydrogen-bond donors (Lipinski definition) is 1. The summed E-state index contributed by atoms with van der Waals surface area (Å²) in [6.45, 7) is 13.3. The smallest absolute Gasteiger partial charge is 0.0666 e. The zero-order chi connectivity index (χ0) is 11.5. The number of ether oxygens (including phenoxy) is 1. The van der Waals surface area contributed by atoms with Crippen molar-refractivity contribution in [3.63, 3.8) is 0 Å². The third kappa shape index (κ3) is 4.52. The summed E-state index contributed by atoms with van der Waals surface area (Å²) < 4.78 is 5.84. The van der Waals surface area contributed by atoms with Gasteiger partial charge in [0.1, 0.15) is 0 Å². The third-order valence-electron chi connectivity index (χ3n) is 3.26. The predicted molar refractivity (Wildman–Crippen MR) is 65.1 cm³/mol. The molecule has 0 aromatic rings. The van der Waals surface area contributed by atoms with E-state index in [9.17, 15) is 0 Å². The van der Waals surface area contributed by atoms with Gasteiger partial charge in [0.25, 0.3) is 0 Å². The van der Waals surface area contributed by atoms with Crippen LogP contribution in [0.3, 0.4) is 0 Å². The van der Waals surface area contributed by atoms with Gasteiger partial charge in [0.05, 0.1) is 5.60 Å². The monoisotopic (exact) mass is 213 g/mol. The minimum atomic E-state index is 0.105. The Kier molecular flexibility index (Phi) is 4.19. The summed E-state index contributed by atoms with van der Waals surface area (Å²) in [6.07, 6.45) is 3.42. The summed E-state index contributed by atoms with van der Waals surface area (Å²) in [5.41, 5.74) is 0.481. The van der Waals surface area contributed by atoms with Gasteiger partial charge in [-0.1, -0.05) is 27.7 Å². The molecule has 1 saturated heterocycles. The molecular weight excluding hydrogens is 186 g/mol. The van der Waals surface area contributed by atoms with Gasteiger partial charge in [0, 0.05) is 19.2 Å². The van der Waals surface area contributed by atoms with Gasteiger partial charge < -0.3 is 10.1 Å². The van der Waals surface area contributed by atoms with Crippen molar-refractivity contribution in [2.75, 3.05) is 13.2 Å². The van der Waals surface area contributed by atoms with Gasteiger partial charge in [0.2, 0.25) is 0 Å². The molecule has 0 amide bonds. The molecule has 0 aliphatic carbocycles. The number of rotatable bonds is 3. The fourth-order valence-corrected chi connectivity index (χ4v) is 2.00. The van der Waals surface area contributed by atoms with E-state index in [1.807, 2.05) is 0 Å². The molecule has 1 aliphatic heterocycles. The van der Waals surface area contributed by atoms with E-state index in [4.69, 9.17) is 4.74 Å². The summed E-state index contributed by atoms with van der Waals surface area (Å²) in [7, 11) is 0. The summed E-state index contributed by atoms with van der Waals surface area (Å²) in [5.74, 6) is 0. The van der Waals surface area contributed by atoms with Crippen LogP contribution in [0.2, 0.25) is 0 Å². The van der Waals surface area contributed by atoms with Gasteiger partial charge in [-0.25, -0.2) is 0 Å². The zero-order valence-electron chi connectivity index (χ0n) is 11.0. The Morgan fingerprint density at radius 2 is 2.07 bits per heavy atom. The Morgan fingerprint density at radius 3 is 2.60 bits per heavy atom. The van der Waals surface area contributed by atoms with Gasteiger partial charge in [-0.15, -0.1) is 0 Å². The highest BCUT2D eigenvalue weighted by atomic mass is 16.5. The molecule has 2 nitrogen and oxygen atoms in total. The Hall–Kier alpha value is -0.0800. The summed E-state index contributed by atoms with van der Waals surface area (Å²) in [4.78, 5) is 0. The molecule has 2 atom stereocenters. The first-order valence-electron chi connectivity index (χ1n) is 6.22. The normalized spacial score (nSPS) is 33.0. The Morgan fingerprint density at radius 1 is 1.40 bits per heavy atom. The molecule has 1 rings (SSSR count). The molecule has 0 aromatic carbocycles. The molecule has 1 aliphatic rings. The zero-order valence-corrected chi connectivity index (χ0v) is 11.0. The maximum Gasteiger partial charge on any atom is 0.0666 e. The van der Waals surface area contributed by atoms with Crippen LogP contribution >= 0.6 is 0 Å². The Labute approximate surface area is 94.8 Å². The second-order valence-corrected chi connectivity index (χ2v) is 6.28. The lowest BCUT2D eigenvalue weighted by molar-refractivity contribution is -0.0785. The molecule has 2 heteroatoms. The van der Waals surface area contributed by atoms with Crippen LogP contribution in [0.15, 0.2) is 0 Å². The molecule has 1 fully saturated rings. The maximum atomic E-state index is 5.84. The minimum Gasteiger partial charge on any atom is -0.375 e. The summed E-state index contributed by atoms with van der Waals surface area (Å²) in [6, 6.07) is 0.642. The van der Waals surface area contributed by atoms with Crippen molar-refractivity contribution in [2.45, 2.75) is 65.5 Å². The number of nitrogens with one attached hydrogen (secondary N) is 1. The van der Waals surface area contributed by atoms with E-state index in [2.05, 4.69) is 39.9 Å². The highest BCUT2D eigenvalue weighted by molar-refractivity contribution is 4.86. The van der Waals surface area contributed by atoms with Crippen molar-refractivity contribution < 1.29 is 4.74 Å². The van der Waals surface area contributed by atoms with E-state index in [-0.39, 0.29) is 5.60 Å². The van der Waals surface area contributed by atoms with Crippen molar-refractivity contribution in [1.82, 2.24) is 5.32 Å². The molecule has 1 N–H and O–H groups in total. The lowest BCUT2D eigenvalue weighted by atomic mass is 9.88. The molecule has 2 unspecified atom stereocenters. The molecule has 1 heterocycles. The van der Waals surface area contributed by atoms with Gasteiger partial charge in [-0.3, -0.25) is 0 Å². The maximum absolute atomic E-state index is 5.84. The lowest BCUT2D eigenvalue weighted by Crippen LogP contribution is -2.46. The van der Waals surface area contributed by atoms with Crippen molar-refractivity contribution in [3.05, 3.63) is 0 Å². The van der Waals surface area contributed by atoms with Gasteiger partial charge in [-0.05, 0) is 31.6 Å². The van der Waals surface area contributed by atoms with E-state index in [1.165, 1.54) is 0 Å². The summed E-state index contributed by atoms with van der Waals surface area (Å²) in [5, 5.41) is 3.67. The van der Waals surface area contributed by atoms with Crippen LogP contribution < -0.4 is 5.32 Å². The van der Waals surface area contributed by atoms with Crippen molar-refractivity contribution >= 4 is 0 Å². The Bertz CT molecular complexity index is 197. The third-order valence-corrected chi connectivity index (χ3v) is 3.26. The van der Waals surface area contributed by atoms with E-state index in [0.717, 1.165) is 32.4 Å². The van der Waals surface area contributed by atoms with Crippen LogP contribution in [0.5, 0.6) is 0 Å². The quantitative estimate of drug-likeness (QED) is 0.778. The highest BCUT2D eigenvalue weighted by Crippen LogP contribution is 2.28. The molecule has 15 heavy (non-hydrogen) atoms. The van der Waals surface area contributed by atoms with Crippen molar-refractivity contribution in [1.29, 1.82) is 0 Å². The second-order valence-electron chi connectivity index (χ2n) is 6.28. The van der Waals surface area contributed by atoms with Gasteiger partial charge in [0.15, 0.2) is 0 Å². The minimum absolute atomic E-state index is 0.105. The second kappa shape index (κ2) is 4.84. The highest BCUT2D eigenvalue weighted by Gasteiger charge is 2.31. The first-order chi connectivity index (χ1) is 6.85. The van der Waals surface area contributed by atoms with E-state index in [0.29, 0.717) is 11.5 Å². The fourth-order valence-electron chi connectivity index (χ4n) is 2.00. The van der Waals surface area contributed by atoms with Crippen LogP contribution in [0.25, 0.3) is 0 Å². The van der Waals surface area contributed by atoms with Crippen LogP contribution in [0.4, 0.5) is 0 Å². The SMILES string of the molecule is CCC1(C)CC(NCC(C)(C)C)CCO1. The van der Waals surface area contributed by atoms with E-state index >= 15 is 0 Å². The molecular formula is C13H27NO. The number of hydrogen-bond acceptors (Lipinski definition) is 2. The molecule has 0 bridgehead atoms. The fraction of sp³-hybridized carbons (Fsp3) is 1.00. The topological polar surface area (TPSA) is 21.3 Å². The van der Waals surface area contributed by atoms with Gasteiger partial charge >= 0.3 is 0 Å². The first-order valence-corrected chi connectivity index (χ1v) is 6.22. The molecule has 0 spiro atoms. The predicted octanol–water partition coefficient (Wildman–Crippen LogP) is 2.97. The van der Waals surface area contributed by atoms with E-state index < -0.39 is 0 Å². The first kappa shape index (κ1) is 13.0. The van der Waals surface area contributed by atoms with Crippen LogP contribution in [-0.4, -0.2) is 24.8 Å². The van der Waals surface area contributed by atoms with Crippen molar-refractivity contribution in [3.8, 4) is 0 Å². The lowest BCUT2D eigenvalue weighted by Gasteiger charge is -2.39. The summed E-state index contributed by atoms with van der Waals surface area (Å²) >= 11 is 0. The van der Waals surface area contributed by atoms with E-state index in [1.54, 1.807) is 0 Å². The average molecular weight is 213 g/mol. The largest absolute Gasteiger partial charge is 0.375 e. The molecule has 0 radical (unpaired) electrons. The molecule has 0 saturated carbocycles. The van der Waals surface area contributed by atoms with Crippen LogP contribution in [0.1, 0.15) is 53.9 Å². The Balaban J connectivity index is 2.37. The molecule has 0 aromatic heterocycles. The molecule has 90 valence electrons. The van der Waals surface area contributed by atoms with Crippen molar-refractivity contribution in [2.24, 2.45) is 5.41 Å². The van der Waals surface area contributed by atoms with Crippen LogP contribution in [0, 0.1) is 5.41 Å². The van der Waals surface area contributed by atoms with Crippen LogP contribution in [-0.2, 0) is 4.74 Å². The van der Waals surface area contributed by atoms with Gasteiger partial charge in [-0.2, -0.15) is 0 Å². The standard InChI is InChI=1S/C13H27NO/c1-6-13(5)9-11(7-8-15-13)14-10-12(2,3)4/h11,14H,6-10H2,1-5H3. The average Bonchev–Trinajstić information content (AvgIpc) is 2.14.